The first-order valence-electron chi connectivity index (χ1n) is 10.1. The van der Waals surface area contributed by atoms with E-state index in [4.69, 9.17) is 21.7 Å². The standard InChI is InChI=1S/C23H27N3O4S/c1-3-30-19-7-5-18(6-8-19)24-23(31)26(11-4-12-27)15-17-13-16-14-20(29-2)9-10-21(16)25-22(17)28/h5-10,13-14,27H,3-4,11-12,15H2,1-2H3,(H,24,31)(H,25,28). The van der Waals surface area contributed by atoms with Gasteiger partial charge in [0.05, 0.1) is 20.3 Å². The Kier molecular flexibility index (Phi) is 7.86. The first-order chi connectivity index (χ1) is 15.0. The molecule has 0 aliphatic rings. The fraction of sp³-hybridized carbons (Fsp3) is 0.304. The lowest BCUT2D eigenvalue weighted by Gasteiger charge is -2.25. The van der Waals surface area contributed by atoms with Crippen molar-refractivity contribution in [2.24, 2.45) is 0 Å². The van der Waals surface area contributed by atoms with Gasteiger partial charge in [0.15, 0.2) is 5.11 Å². The van der Waals surface area contributed by atoms with E-state index in [1.807, 2.05) is 54.3 Å². The molecule has 0 fully saturated rings. The molecule has 1 aromatic heterocycles. The van der Waals surface area contributed by atoms with E-state index in [-0.39, 0.29) is 12.2 Å². The Labute approximate surface area is 186 Å². The predicted molar refractivity (Wildman–Crippen MR) is 127 cm³/mol. The third-order valence-electron chi connectivity index (χ3n) is 4.78. The summed E-state index contributed by atoms with van der Waals surface area (Å²) in [5.74, 6) is 1.50. The number of aliphatic hydroxyl groups excluding tert-OH is 1. The summed E-state index contributed by atoms with van der Waals surface area (Å²) >= 11 is 5.60. The molecule has 7 nitrogen and oxygen atoms in total. The number of aromatic amines is 1. The van der Waals surface area contributed by atoms with Crippen LogP contribution < -0.4 is 20.3 Å². The number of aromatic nitrogens is 1. The molecule has 0 bridgehead atoms. The lowest BCUT2D eigenvalue weighted by molar-refractivity contribution is 0.265. The molecule has 8 heteroatoms. The minimum atomic E-state index is -0.171. The number of nitrogens with zero attached hydrogens (tertiary/aromatic N) is 1. The highest BCUT2D eigenvalue weighted by atomic mass is 32.1. The minimum absolute atomic E-state index is 0.0352. The van der Waals surface area contributed by atoms with Crippen LogP contribution in [0.3, 0.4) is 0 Å². The molecule has 164 valence electrons. The third-order valence-corrected chi connectivity index (χ3v) is 5.14. The van der Waals surface area contributed by atoms with Gasteiger partial charge in [-0.2, -0.15) is 0 Å². The number of benzene rings is 2. The second-order valence-electron chi connectivity index (χ2n) is 6.96. The topological polar surface area (TPSA) is 86.8 Å². The number of thiocarbonyl (C=S) groups is 1. The van der Waals surface area contributed by atoms with Crippen molar-refractivity contribution >= 4 is 33.9 Å². The number of methoxy groups -OCH3 is 1. The molecule has 0 spiro atoms. The molecular formula is C23H27N3O4S. The Morgan fingerprint density at radius 1 is 1.16 bits per heavy atom. The van der Waals surface area contributed by atoms with Crippen molar-refractivity contribution in [3.8, 4) is 11.5 Å². The number of anilines is 1. The van der Waals surface area contributed by atoms with Crippen molar-refractivity contribution in [1.29, 1.82) is 0 Å². The molecule has 0 radical (unpaired) electrons. The number of ether oxygens (including phenoxy) is 2. The fourth-order valence-electron chi connectivity index (χ4n) is 3.20. The molecule has 2 aromatic carbocycles. The Hall–Kier alpha value is -3.10. The Balaban J connectivity index is 1.80. The number of pyridine rings is 1. The van der Waals surface area contributed by atoms with Crippen LogP contribution in [0.25, 0.3) is 10.9 Å². The molecular weight excluding hydrogens is 414 g/mol. The highest BCUT2D eigenvalue weighted by molar-refractivity contribution is 7.80. The summed E-state index contributed by atoms with van der Waals surface area (Å²) in [6.07, 6.45) is 0.532. The zero-order valence-electron chi connectivity index (χ0n) is 17.7. The molecule has 0 unspecified atom stereocenters. The van der Waals surface area contributed by atoms with Crippen LogP contribution >= 0.6 is 12.2 Å². The van der Waals surface area contributed by atoms with E-state index < -0.39 is 0 Å². The van der Waals surface area contributed by atoms with Crippen LogP contribution in [0.5, 0.6) is 11.5 Å². The average Bonchev–Trinajstić information content (AvgIpc) is 2.78. The summed E-state index contributed by atoms with van der Waals surface area (Å²) in [6, 6.07) is 14.9. The van der Waals surface area contributed by atoms with Crippen molar-refractivity contribution in [2.45, 2.75) is 19.9 Å². The Morgan fingerprint density at radius 3 is 2.58 bits per heavy atom. The summed E-state index contributed by atoms with van der Waals surface area (Å²) in [5.41, 5.74) is 1.97. The predicted octanol–water partition coefficient (Wildman–Crippen LogP) is 3.52. The molecule has 0 aliphatic heterocycles. The lowest BCUT2D eigenvalue weighted by atomic mass is 10.1. The van der Waals surface area contributed by atoms with Gasteiger partial charge in [0.2, 0.25) is 0 Å². The highest BCUT2D eigenvalue weighted by Gasteiger charge is 2.14. The van der Waals surface area contributed by atoms with E-state index in [0.29, 0.717) is 36.8 Å². The SMILES string of the molecule is CCOc1ccc(NC(=S)N(CCCO)Cc2cc3cc(OC)ccc3[nH]c2=O)cc1. The third kappa shape index (κ3) is 5.96. The van der Waals surface area contributed by atoms with Gasteiger partial charge in [0, 0.05) is 35.3 Å². The quantitative estimate of drug-likeness (QED) is 0.438. The fourth-order valence-corrected chi connectivity index (χ4v) is 3.47. The molecule has 0 atom stereocenters. The summed E-state index contributed by atoms with van der Waals surface area (Å²) in [4.78, 5) is 17.4. The first-order valence-corrected chi connectivity index (χ1v) is 10.5. The number of hydrogen-bond donors (Lipinski definition) is 3. The Bertz CT molecular complexity index is 1080. The lowest BCUT2D eigenvalue weighted by Crippen LogP contribution is -2.37. The Morgan fingerprint density at radius 2 is 1.90 bits per heavy atom. The van der Waals surface area contributed by atoms with Gasteiger partial charge >= 0.3 is 0 Å². The van der Waals surface area contributed by atoms with E-state index in [9.17, 15) is 9.90 Å². The molecule has 3 N–H and O–H groups in total. The summed E-state index contributed by atoms with van der Waals surface area (Å²) < 4.78 is 10.7. The van der Waals surface area contributed by atoms with Crippen molar-refractivity contribution < 1.29 is 14.6 Å². The van der Waals surface area contributed by atoms with Gasteiger partial charge in [0.25, 0.3) is 5.56 Å². The number of aliphatic hydroxyl groups is 1. The second kappa shape index (κ2) is 10.8. The van der Waals surface area contributed by atoms with Gasteiger partial charge in [-0.05, 0) is 74.1 Å². The maximum atomic E-state index is 12.6. The molecule has 0 saturated carbocycles. The molecule has 3 rings (SSSR count). The van der Waals surface area contributed by atoms with Crippen molar-refractivity contribution in [1.82, 2.24) is 9.88 Å². The van der Waals surface area contributed by atoms with Crippen LogP contribution in [0.4, 0.5) is 5.69 Å². The second-order valence-corrected chi connectivity index (χ2v) is 7.35. The average molecular weight is 442 g/mol. The van der Waals surface area contributed by atoms with Crippen LogP contribution in [0, 0.1) is 0 Å². The van der Waals surface area contributed by atoms with Gasteiger partial charge in [-0.3, -0.25) is 4.79 Å². The van der Waals surface area contributed by atoms with E-state index in [1.54, 1.807) is 13.2 Å². The zero-order valence-corrected chi connectivity index (χ0v) is 18.5. The summed E-state index contributed by atoms with van der Waals surface area (Å²) in [5, 5.41) is 13.9. The molecule has 0 saturated heterocycles. The number of nitrogens with one attached hydrogen (secondary N) is 2. The first kappa shape index (κ1) is 22.6. The number of H-pyrrole nitrogens is 1. The number of fused-ring (bicyclic) bond motifs is 1. The summed E-state index contributed by atoms with van der Waals surface area (Å²) in [6.45, 7) is 3.39. The van der Waals surface area contributed by atoms with Crippen molar-refractivity contribution in [2.75, 3.05) is 32.2 Å². The van der Waals surface area contributed by atoms with Crippen LogP contribution in [0.15, 0.2) is 53.3 Å². The van der Waals surface area contributed by atoms with Gasteiger partial charge < -0.3 is 29.8 Å². The molecule has 31 heavy (non-hydrogen) atoms. The highest BCUT2D eigenvalue weighted by Crippen LogP contribution is 2.20. The van der Waals surface area contributed by atoms with Crippen LogP contribution in [-0.4, -0.2) is 47.0 Å². The molecule has 3 aromatic rings. The van der Waals surface area contributed by atoms with Gasteiger partial charge in [-0.25, -0.2) is 0 Å². The van der Waals surface area contributed by atoms with Crippen molar-refractivity contribution in [3.05, 3.63) is 64.4 Å². The van der Waals surface area contributed by atoms with Crippen LogP contribution in [0.1, 0.15) is 18.9 Å². The molecule has 0 amide bonds. The van der Waals surface area contributed by atoms with Gasteiger partial charge in [-0.15, -0.1) is 0 Å². The van der Waals surface area contributed by atoms with Gasteiger partial charge in [0.1, 0.15) is 11.5 Å². The molecule has 0 aliphatic carbocycles. The zero-order chi connectivity index (χ0) is 22.2. The van der Waals surface area contributed by atoms with Crippen LogP contribution in [-0.2, 0) is 6.54 Å². The maximum Gasteiger partial charge on any atom is 0.253 e. The smallest absolute Gasteiger partial charge is 0.253 e. The van der Waals surface area contributed by atoms with Crippen molar-refractivity contribution in [3.63, 3.8) is 0 Å². The number of hydrogen-bond acceptors (Lipinski definition) is 5. The van der Waals surface area contributed by atoms with E-state index >= 15 is 0 Å². The normalized spacial score (nSPS) is 10.7. The number of rotatable bonds is 9. The molecule has 1 heterocycles. The summed E-state index contributed by atoms with van der Waals surface area (Å²) in [7, 11) is 1.61. The maximum absolute atomic E-state index is 12.6. The monoisotopic (exact) mass is 441 g/mol. The van der Waals surface area contributed by atoms with E-state index in [0.717, 1.165) is 28.1 Å². The van der Waals surface area contributed by atoms with Crippen LogP contribution in [0.2, 0.25) is 0 Å². The van der Waals surface area contributed by atoms with E-state index in [2.05, 4.69) is 10.3 Å². The van der Waals surface area contributed by atoms with E-state index in [1.165, 1.54) is 0 Å². The van der Waals surface area contributed by atoms with Gasteiger partial charge in [-0.1, -0.05) is 0 Å². The largest absolute Gasteiger partial charge is 0.497 e. The minimum Gasteiger partial charge on any atom is -0.497 e.